The number of aliphatic carboxylic acids is 1. The van der Waals surface area contributed by atoms with E-state index in [1.165, 1.54) is 52.0 Å². The van der Waals surface area contributed by atoms with Crippen LogP contribution in [0.5, 0.6) is 0 Å². The zero-order valence-corrected chi connectivity index (χ0v) is 45.8. The van der Waals surface area contributed by atoms with E-state index >= 15 is 0 Å². The van der Waals surface area contributed by atoms with Gasteiger partial charge < -0.3 is 49.8 Å². The van der Waals surface area contributed by atoms with Crippen LogP contribution in [-0.4, -0.2) is 116 Å². The number of hydrogen-bond acceptors (Lipinski definition) is 14. The van der Waals surface area contributed by atoms with Crippen molar-refractivity contribution in [3.05, 3.63) is 119 Å². The molecule has 2 radical (unpaired) electrons. The van der Waals surface area contributed by atoms with E-state index in [1.807, 2.05) is 0 Å². The van der Waals surface area contributed by atoms with Crippen LogP contribution in [0.4, 0.5) is 0 Å². The van der Waals surface area contributed by atoms with Gasteiger partial charge in [-0.05, 0) is 54.8 Å². The molecule has 3 fully saturated rings. The molecule has 1 amide bonds. The van der Waals surface area contributed by atoms with Gasteiger partial charge in [0.1, 0.15) is 35.6 Å². The molecule has 3 aliphatic carbocycles. The van der Waals surface area contributed by atoms with E-state index < -0.39 is 125 Å². The minimum atomic E-state index is -2.41. The van der Waals surface area contributed by atoms with E-state index in [-0.39, 0.29) is 129 Å². The number of fused-ring (bicyclic) bond motifs is 5. The molecular weight excluding hydrogens is 1270 g/mol. The first-order valence-corrected chi connectivity index (χ1v) is 20.7. The number of benzene rings is 3. The summed E-state index contributed by atoms with van der Waals surface area (Å²) in [4.78, 5) is 82.2. The largest absolute Gasteiger partial charge is 0.481 e. The van der Waals surface area contributed by atoms with Crippen molar-refractivity contribution in [3.8, 4) is 0 Å². The average Bonchev–Trinajstić information content (AvgIpc) is 3.26. The Labute approximate surface area is 446 Å². The number of ether oxygens (including phenoxy) is 4. The molecule has 4 aliphatic rings. The Morgan fingerprint density at radius 2 is 1.40 bits per heavy atom. The van der Waals surface area contributed by atoms with Crippen LogP contribution in [0.25, 0.3) is 0 Å². The molecule has 11 atom stereocenters. The minimum absolute atomic E-state index is 0. The van der Waals surface area contributed by atoms with Crippen molar-refractivity contribution in [3.63, 3.8) is 0 Å². The van der Waals surface area contributed by atoms with Crippen molar-refractivity contribution >= 4 is 35.6 Å². The van der Waals surface area contributed by atoms with Gasteiger partial charge in [0.05, 0.1) is 42.6 Å². The molecule has 3 aromatic carbocycles. The molecule has 1 heterocycles. The Balaban J connectivity index is 0.00000397. The molecule has 6 N–H and O–H groups in total. The summed E-state index contributed by atoms with van der Waals surface area (Å²) in [7, 11) is 0. The fourth-order valence-corrected chi connectivity index (χ4v) is 10.1. The smallest absolute Gasteiger partial charge is 0.350 e. The number of aliphatic hydroxyl groups is 4. The number of Topliss-reactive ketones (excluding diaryl/α,β-unsaturated/α-hetero) is 1. The van der Waals surface area contributed by atoms with E-state index in [0.29, 0.717) is 0 Å². The molecular formula is C47H51Ac2NO15. The maximum absolute atomic E-state index is 14.9. The van der Waals surface area contributed by atoms with Crippen molar-refractivity contribution in [2.45, 2.75) is 107 Å². The van der Waals surface area contributed by atoms with Gasteiger partial charge in [-0.2, -0.15) is 0 Å². The number of esters is 3. The third-order valence-corrected chi connectivity index (χ3v) is 13.7. The Morgan fingerprint density at radius 1 is 0.831 bits per heavy atom. The Hall–Kier alpha value is -2.90. The van der Waals surface area contributed by atoms with Gasteiger partial charge in [-0.1, -0.05) is 80.6 Å². The molecule has 2 saturated carbocycles. The van der Waals surface area contributed by atoms with E-state index in [2.05, 4.69) is 5.32 Å². The second kappa shape index (κ2) is 20.8. The fourth-order valence-electron chi connectivity index (χ4n) is 10.1. The molecule has 3 aromatic rings. The van der Waals surface area contributed by atoms with Crippen LogP contribution in [0.1, 0.15) is 85.7 Å². The molecule has 0 aromatic heterocycles. The van der Waals surface area contributed by atoms with Gasteiger partial charge in [0, 0.05) is 118 Å². The summed E-state index contributed by atoms with van der Waals surface area (Å²) in [6.45, 7) is 5.49. The maximum atomic E-state index is 14.9. The maximum Gasteiger partial charge on any atom is 0.350 e. The Bertz CT molecular complexity index is 2310. The molecule has 0 spiro atoms. The molecule has 65 heavy (non-hydrogen) atoms. The molecule has 1 unspecified atom stereocenters. The Morgan fingerprint density at radius 3 is 1.95 bits per heavy atom. The predicted octanol–water partition coefficient (Wildman–Crippen LogP) is 3.01. The number of aliphatic hydroxyl groups excluding tert-OH is 2. The summed E-state index contributed by atoms with van der Waals surface area (Å²) in [6, 6.07) is 22.3. The molecule has 7 rings (SSSR count). The number of nitrogens with one attached hydrogen (secondary N) is 1. The molecule has 2 bridgehead atoms. The number of ketones is 1. The molecule has 1 aliphatic heterocycles. The zero-order valence-electron chi connectivity index (χ0n) is 36.3. The normalized spacial score (nSPS) is 30.6. The summed E-state index contributed by atoms with van der Waals surface area (Å²) >= 11 is 0. The van der Waals surface area contributed by atoms with Crippen molar-refractivity contribution in [1.82, 2.24) is 5.32 Å². The number of rotatable bonds is 12. The second-order valence-corrected chi connectivity index (χ2v) is 17.6. The first-order valence-electron chi connectivity index (χ1n) is 20.7. The zero-order chi connectivity index (χ0) is 45.6. The number of hydrogen-bond donors (Lipinski definition) is 6. The quantitative estimate of drug-likeness (QED) is 0.0867. The van der Waals surface area contributed by atoms with Crippen molar-refractivity contribution in [2.75, 3.05) is 6.61 Å². The van der Waals surface area contributed by atoms with Crippen molar-refractivity contribution < 1.29 is 161 Å². The predicted molar refractivity (Wildman–Crippen MR) is 219 cm³/mol. The first-order chi connectivity index (χ1) is 29.7. The summed E-state index contributed by atoms with van der Waals surface area (Å²) in [5.41, 5.74) is -7.58. The molecule has 16 nitrogen and oxygen atoms in total. The van der Waals surface area contributed by atoms with Crippen LogP contribution in [-0.2, 0) is 38.1 Å². The van der Waals surface area contributed by atoms with Gasteiger partial charge >= 0.3 is 23.9 Å². The summed E-state index contributed by atoms with van der Waals surface area (Å²) < 4.78 is 23.8. The minimum Gasteiger partial charge on any atom is -0.481 e. The van der Waals surface area contributed by atoms with Gasteiger partial charge in [-0.25, -0.2) is 9.59 Å². The number of amides is 1. The van der Waals surface area contributed by atoms with Crippen LogP contribution < -0.4 is 5.32 Å². The molecule has 18 heteroatoms. The fraction of sp³-hybridized carbons (Fsp3) is 0.447. The number of carbonyl (C=O) groups excluding carboxylic acids is 5. The van der Waals surface area contributed by atoms with Crippen LogP contribution in [0.2, 0.25) is 0 Å². The van der Waals surface area contributed by atoms with Gasteiger partial charge in [0.15, 0.2) is 5.78 Å². The topological polar surface area (TPSA) is 253 Å². The monoisotopic (exact) mass is 1320 g/mol. The van der Waals surface area contributed by atoms with Gasteiger partial charge in [-0.3, -0.25) is 19.2 Å². The van der Waals surface area contributed by atoms with Gasteiger partial charge in [-0.15, -0.1) is 0 Å². The third-order valence-electron chi connectivity index (χ3n) is 13.7. The number of carboxylic acids is 1. The van der Waals surface area contributed by atoms with E-state index in [0.717, 1.165) is 0 Å². The number of carboxylic acid groups (broad SMARTS) is 1. The summed E-state index contributed by atoms with van der Waals surface area (Å²) in [5, 5.41) is 61.9. The van der Waals surface area contributed by atoms with E-state index in [1.54, 1.807) is 66.7 Å². The Kier molecular flexibility index (Phi) is 17.0. The molecule has 340 valence electrons. The summed E-state index contributed by atoms with van der Waals surface area (Å²) in [5.74, 6) is -7.87. The van der Waals surface area contributed by atoms with E-state index in [9.17, 15) is 54.3 Å². The van der Waals surface area contributed by atoms with Crippen LogP contribution in [0.3, 0.4) is 0 Å². The molecule has 1 saturated heterocycles. The average molecular weight is 1320 g/mol. The van der Waals surface area contributed by atoms with Gasteiger partial charge in [0.2, 0.25) is 6.10 Å². The van der Waals surface area contributed by atoms with Crippen molar-refractivity contribution in [1.29, 1.82) is 0 Å². The van der Waals surface area contributed by atoms with Crippen LogP contribution in [0, 0.1) is 105 Å². The van der Waals surface area contributed by atoms with Crippen LogP contribution >= 0.6 is 0 Å². The third kappa shape index (κ3) is 9.73. The van der Waals surface area contributed by atoms with E-state index in [4.69, 9.17) is 18.9 Å². The summed E-state index contributed by atoms with van der Waals surface area (Å²) in [6.07, 6.45) is -12.2. The number of carbonyl (C=O) groups is 6. The first kappa shape index (κ1) is 53.1. The van der Waals surface area contributed by atoms with Crippen LogP contribution in [0.15, 0.2) is 102 Å². The second-order valence-electron chi connectivity index (χ2n) is 17.6. The van der Waals surface area contributed by atoms with Crippen molar-refractivity contribution in [2.24, 2.45) is 16.7 Å². The standard InChI is InChI=1S/C47H51NO15.2Ac/c1-25-29(61-43(57)37(62-33(52)21-20-32(50)51)35(26-14-8-5-9-15-26)48-41(55)27-16-10-6-11-17-27)23-47(59)40(63-42(56)28-18-12-7-13-19-28)38-45(4,30(49)22-31-46(38,58)24-60-31)39(54)36(53)34(25)44(47,2)3;;/h5-19,29-31,35-38,40,49,53,58-59H,20-24H2,1-4H3,(H,48,55)(H,50,51);;/t29-,30+,31+,35-,36+,37+,38-,40-,45?,46-,47+;;/m0../s1. The van der Waals surface area contributed by atoms with Gasteiger partial charge in [0.25, 0.3) is 5.91 Å². The SMILES string of the molecule is CC1=C2[C@@H](O)C(=O)C3(C)[C@H](O)C[C@H]4OC[C@@]4(O)[C@H]3[C@H](OC(=O)c3ccccc3)[C@](O)(C[C@@H]1OC(=O)[C@H](OC(=O)CCC(=O)O)[C@@H](NC(=O)c1ccccc1)c1ccccc1)C2(C)C.[Ac].[Ac].